The summed E-state index contributed by atoms with van der Waals surface area (Å²) in [6, 6.07) is -0.432. The van der Waals surface area contributed by atoms with E-state index in [1.807, 2.05) is 13.8 Å². The highest BCUT2D eigenvalue weighted by atomic mass is 32.2. The number of aromatic nitrogens is 4. The third-order valence-corrected chi connectivity index (χ3v) is 4.54. The molecule has 0 aromatic carbocycles. The standard InChI is InChI=1S/C12H20N6O2S/c1-3-7-18-8-10(11(13)16-18)21(19,20)17-9(4-2)12-14-5-6-15-12/h5-6,8-9,17H,3-4,7H2,1-2H3,(H2,13,16)(H,14,15). The molecule has 116 valence electrons. The van der Waals surface area contributed by atoms with Crippen LogP contribution in [0.25, 0.3) is 0 Å². The normalized spacial score (nSPS) is 13.4. The fourth-order valence-electron chi connectivity index (χ4n) is 2.02. The van der Waals surface area contributed by atoms with E-state index >= 15 is 0 Å². The van der Waals surface area contributed by atoms with Crippen molar-refractivity contribution in [2.24, 2.45) is 0 Å². The number of aromatic amines is 1. The van der Waals surface area contributed by atoms with Gasteiger partial charge in [-0.1, -0.05) is 13.8 Å². The molecule has 1 atom stereocenters. The maximum atomic E-state index is 12.4. The molecule has 8 nitrogen and oxygen atoms in total. The second kappa shape index (κ2) is 6.27. The first-order valence-electron chi connectivity index (χ1n) is 6.82. The molecule has 2 aromatic heterocycles. The van der Waals surface area contributed by atoms with Crippen LogP contribution < -0.4 is 10.5 Å². The molecule has 0 saturated heterocycles. The Bertz CT molecular complexity index is 677. The van der Waals surface area contributed by atoms with Gasteiger partial charge in [0.2, 0.25) is 10.0 Å². The Kier molecular flexibility index (Phi) is 4.63. The Morgan fingerprint density at radius 1 is 1.48 bits per heavy atom. The summed E-state index contributed by atoms with van der Waals surface area (Å²) in [5.41, 5.74) is 5.72. The minimum absolute atomic E-state index is 0.000885. The van der Waals surface area contributed by atoms with Crippen LogP contribution in [0.3, 0.4) is 0 Å². The quantitative estimate of drug-likeness (QED) is 0.705. The van der Waals surface area contributed by atoms with Crippen molar-refractivity contribution in [1.82, 2.24) is 24.5 Å². The van der Waals surface area contributed by atoms with Crippen LogP contribution in [-0.4, -0.2) is 28.2 Å². The van der Waals surface area contributed by atoms with Crippen molar-refractivity contribution in [3.05, 3.63) is 24.4 Å². The second-order valence-corrected chi connectivity index (χ2v) is 6.38. The molecule has 2 heterocycles. The fourth-order valence-corrected chi connectivity index (χ4v) is 3.38. The molecule has 0 saturated carbocycles. The zero-order chi connectivity index (χ0) is 15.5. The number of H-pyrrole nitrogens is 1. The molecule has 0 fully saturated rings. The number of nitrogens with two attached hydrogens (primary N) is 1. The molecule has 21 heavy (non-hydrogen) atoms. The van der Waals surface area contributed by atoms with Crippen LogP contribution in [0.5, 0.6) is 0 Å². The Hall–Kier alpha value is -1.87. The highest BCUT2D eigenvalue weighted by Crippen LogP contribution is 2.20. The second-order valence-electron chi connectivity index (χ2n) is 4.70. The van der Waals surface area contributed by atoms with Gasteiger partial charge in [-0.25, -0.2) is 18.1 Å². The third kappa shape index (κ3) is 3.42. The van der Waals surface area contributed by atoms with Crippen LogP contribution in [0, 0.1) is 0 Å². The summed E-state index contributed by atoms with van der Waals surface area (Å²) in [7, 11) is -3.74. The molecule has 0 spiro atoms. The molecular weight excluding hydrogens is 292 g/mol. The van der Waals surface area contributed by atoms with Gasteiger partial charge in [0.25, 0.3) is 0 Å². The van der Waals surface area contributed by atoms with Crippen molar-refractivity contribution in [2.45, 2.75) is 44.2 Å². The molecule has 4 N–H and O–H groups in total. The van der Waals surface area contributed by atoms with E-state index in [1.165, 1.54) is 10.9 Å². The van der Waals surface area contributed by atoms with Crippen LogP contribution >= 0.6 is 0 Å². The zero-order valence-corrected chi connectivity index (χ0v) is 12.9. The monoisotopic (exact) mass is 312 g/mol. The van der Waals surface area contributed by atoms with E-state index in [0.717, 1.165) is 6.42 Å². The van der Waals surface area contributed by atoms with Gasteiger partial charge in [0.1, 0.15) is 10.7 Å². The van der Waals surface area contributed by atoms with Gasteiger partial charge in [-0.2, -0.15) is 5.10 Å². The number of anilines is 1. The van der Waals surface area contributed by atoms with E-state index in [4.69, 9.17) is 5.73 Å². The molecule has 0 aliphatic carbocycles. The summed E-state index contributed by atoms with van der Waals surface area (Å²) in [6.07, 6.45) is 6.10. The minimum atomic E-state index is -3.74. The largest absolute Gasteiger partial charge is 0.381 e. The van der Waals surface area contributed by atoms with Gasteiger partial charge in [-0.05, 0) is 12.8 Å². The van der Waals surface area contributed by atoms with Gasteiger partial charge in [0.15, 0.2) is 5.82 Å². The predicted molar refractivity (Wildman–Crippen MR) is 78.9 cm³/mol. The molecule has 0 aliphatic heterocycles. The number of hydrogen-bond donors (Lipinski definition) is 3. The first kappa shape index (κ1) is 15.5. The van der Waals surface area contributed by atoms with Crippen molar-refractivity contribution in [2.75, 3.05) is 5.73 Å². The van der Waals surface area contributed by atoms with Crippen LogP contribution in [0.2, 0.25) is 0 Å². The third-order valence-electron chi connectivity index (χ3n) is 3.05. The van der Waals surface area contributed by atoms with Gasteiger partial charge in [-0.15, -0.1) is 0 Å². The summed E-state index contributed by atoms with van der Waals surface area (Å²) in [5, 5.41) is 4.01. The summed E-state index contributed by atoms with van der Waals surface area (Å²) in [5.74, 6) is 0.575. The number of aryl methyl sites for hydroxylation is 1. The van der Waals surface area contributed by atoms with Crippen molar-refractivity contribution in [3.8, 4) is 0 Å². The first-order chi connectivity index (χ1) is 9.97. The van der Waals surface area contributed by atoms with Crippen molar-refractivity contribution < 1.29 is 8.42 Å². The molecular formula is C12H20N6O2S. The fraction of sp³-hybridized carbons (Fsp3) is 0.500. The predicted octanol–water partition coefficient (Wildman–Crippen LogP) is 1.03. The van der Waals surface area contributed by atoms with Gasteiger partial charge in [0, 0.05) is 25.1 Å². The maximum Gasteiger partial charge on any atom is 0.246 e. The van der Waals surface area contributed by atoms with Gasteiger partial charge in [0.05, 0.1) is 6.04 Å². The van der Waals surface area contributed by atoms with Crippen LogP contribution in [0.15, 0.2) is 23.5 Å². The molecule has 9 heteroatoms. The lowest BCUT2D eigenvalue weighted by Gasteiger charge is -2.14. The van der Waals surface area contributed by atoms with E-state index in [9.17, 15) is 8.42 Å². The molecule has 1 unspecified atom stereocenters. The van der Waals surface area contributed by atoms with E-state index < -0.39 is 16.1 Å². The molecule has 0 aliphatic rings. The van der Waals surface area contributed by atoms with Crippen LogP contribution in [0.1, 0.15) is 38.6 Å². The van der Waals surface area contributed by atoms with E-state index in [0.29, 0.717) is 18.8 Å². The summed E-state index contributed by atoms with van der Waals surface area (Å²) in [6.45, 7) is 4.48. The van der Waals surface area contributed by atoms with Crippen molar-refractivity contribution >= 4 is 15.8 Å². The maximum absolute atomic E-state index is 12.4. The summed E-state index contributed by atoms with van der Waals surface area (Å²) in [4.78, 5) is 7.00. The Balaban J connectivity index is 2.25. The number of nitrogen functional groups attached to an aromatic ring is 1. The SMILES string of the molecule is CCCn1cc(S(=O)(=O)NC(CC)c2ncc[nH]2)c(N)n1. The Morgan fingerprint density at radius 2 is 2.24 bits per heavy atom. The number of nitrogens with zero attached hydrogens (tertiary/aromatic N) is 3. The van der Waals surface area contributed by atoms with E-state index in [-0.39, 0.29) is 10.7 Å². The number of sulfonamides is 1. The smallest absolute Gasteiger partial charge is 0.246 e. The zero-order valence-electron chi connectivity index (χ0n) is 12.1. The van der Waals surface area contributed by atoms with E-state index in [1.54, 1.807) is 12.4 Å². The number of rotatable bonds is 7. The molecule has 0 bridgehead atoms. The highest BCUT2D eigenvalue weighted by Gasteiger charge is 2.25. The summed E-state index contributed by atoms with van der Waals surface area (Å²) >= 11 is 0. The van der Waals surface area contributed by atoms with Crippen LogP contribution in [0.4, 0.5) is 5.82 Å². The van der Waals surface area contributed by atoms with Crippen molar-refractivity contribution in [1.29, 1.82) is 0 Å². The van der Waals surface area contributed by atoms with Crippen LogP contribution in [-0.2, 0) is 16.6 Å². The molecule has 2 rings (SSSR count). The number of nitrogens with one attached hydrogen (secondary N) is 2. The Labute approximate surface area is 123 Å². The lowest BCUT2D eigenvalue weighted by Crippen LogP contribution is -2.29. The number of imidazole rings is 1. The average Bonchev–Trinajstić information content (AvgIpc) is 3.06. The number of hydrogen-bond acceptors (Lipinski definition) is 5. The first-order valence-corrected chi connectivity index (χ1v) is 8.30. The van der Waals surface area contributed by atoms with Gasteiger partial charge >= 0.3 is 0 Å². The molecule has 0 amide bonds. The lowest BCUT2D eigenvalue weighted by molar-refractivity contribution is 0.539. The molecule has 0 radical (unpaired) electrons. The Morgan fingerprint density at radius 3 is 2.81 bits per heavy atom. The van der Waals surface area contributed by atoms with Gasteiger partial charge < -0.3 is 10.7 Å². The van der Waals surface area contributed by atoms with Crippen molar-refractivity contribution in [3.63, 3.8) is 0 Å². The molecule has 2 aromatic rings. The highest BCUT2D eigenvalue weighted by molar-refractivity contribution is 7.89. The summed E-state index contributed by atoms with van der Waals surface area (Å²) < 4.78 is 29.0. The van der Waals surface area contributed by atoms with Gasteiger partial charge in [-0.3, -0.25) is 4.68 Å². The lowest BCUT2D eigenvalue weighted by atomic mass is 10.2. The minimum Gasteiger partial charge on any atom is -0.381 e. The van der Waals surface area contributed by atoms with E-state index in [2.05, 4.69) is 19.8 Å². The topological polar surface area (TPSA) is 119 Å². The average molecular weight is 312 g/mol.